The summed E-state index contributed by atoms with van der Waals surface area (Å²) >= 11 is 0. The van der Waals surface area contributed by atoms with Crippen LogP contribution in [0.4, 0.5) is 5.69 Å². The van der Waals surface area contributed by atoms with Crippen LogP contribution < -0.4 is 4.90 Å². The fourth-order valence-corrected chi connectivity index (χ4v) is 2.26. The van der Waals surface area contributed by atoms with Crippen molar-refractivity contribution in [2.45, 2.75) is 12.5 Å². The number of aliphatic hydroxyl groups is 1. The van der Waals surface area contributed by atoms with E-state index in [0.29, 0.717) is 16.8 Å². The molecule has 2 aromatic rings. The second-order valence-corrected chi connectivity index (χ2v) is 5.28. The van der Waals surface area contributed by atoms with Crippen LogP contribution in [0.25, 0.3) is 0 Å². The maximum Gasteiger partial charge on any atom is 0.250 e. The van der Waals surface area contributed by atoms with Gasteiger partial charge in [0.1, 0.15) is 11.4 Å². The Labute approximate surface area is 129 Å². The highest BCUT2D eigenvalue weighted by Gasteiger charge is 2.27. The van der Waals surface area contributed by atoms with Crippen LogP contribution in [0.2, 0.25) is 0 Å². The highest BCUT2D eigenvalue weighted by Crippen LogP contribution is 2.34. The summed E-state index contributed by atoms with van der Waals surface area (Å²) in [5.41, 5.74) is 0.394. The monoisotopic (exact) mass is 297 g/mol. The number of phenolic OH excluding ortho intramolecular Hbond substituents is 1. The molecular weight excluding hydrogens is 278 g/mol. The summed E-state index contributed by atoms with van der Waals surface area (Å²) in [7, 11) is 1.58. The Hall–Kier alpha value is -2.59. The number of amides is 1. The van der Waals surface area contributed by atoms with Gasteiger partial charge in [-0.2, -0.15) is 0 Å². The molecule has 0 saturated carbocycles. The maximum atomic E-state index is 11.7. The smallest absolute Gasteiger partial charge is 0.250 e. The number of rotatable bonds is 4. The Balaban J connectivity index is 2.50. The van der Waals surface area contributed by atoms with Gasteiger partial charge in [0.15, 0.2) is 0 Å². The van der Waals surface area contributed by atoms with E-state index in [0.717, 1.165) is 0 Å². The van der Waals surface area contributed by atoms with Crippen LogP contribution in [-0.2, 0) is 10.4 Å². The Bertz CT molecular complexity index is 693. The molecule has 0 heterocycles. The second-order valence-electron chi connectivity index (χ2n) is 5.28. The van der Waals surface area contributed by atoms with E-state index in [-0.39, 0.29) is 11.7 Å². The van der Waals surface area contributed by atoms with Crippen LogP contribution in [0.5, 0.6) is 5.75 Å². The van der Waals surface area contributed by atoms with Gasteiger partial charge in [0, 0.05) is 18.8 Å². The predicted octanol–water partition coefficient (Wildman–Crippen LogP) is 2.80. The summed E-state index contributed by atoms with van der Waals surface area (Å²) in [5, 5.41) is 20.8. The summed E-state index contributed by atoms with van der Waals surface area (Å²) in [5.74, 6) is -0.316. The van der Waals surface area contributed by atoms with Gasteiger partial charge in [0.05, 0.1) is 0 Å². The van der Waals surface area contributed by atoms with Crippen molar-refractivity contribution in [3.8, 4) is 5.75 Å². The first-order valence-electron chi connectivity index (χ1n) is 6.89. The van der Waals surface area contributed by atoms with Crippen molar-refractivity contribution in [2.24, 2.45) is 0 Å². The van der Waals surface area contributed by atoms with Gasteiger partial charge in [0.25, 0.3) is 0 Å². The van der Waals surface area contributed by atoms with Crippen LogP contribution in [0.15, 0.2) is 61.2 Å². The Morgan fingerprint density at radius 2 is 1.82 bits per heavy atom. The number of carbonyl (C=O) groups is 1. The molecule has 0 saturated heterocycles. The van der Waals surface area contributed by atoms with Gasteiger partial charge in [-0.1, -0.05) is 36.9 Å². The van der Waals surface area contributed by atoms with Crippen LogP contribution >= 0.6 is 0 Å². The molecule has 0 aliphatic carbocycles. The Morgan fingerprint density at radius 3 is 2.41 bits per heavy atom. The van der Waals surface area contributed by atoms with E-state index >= 15 is 0 Å². The van der Waals surface area contributed by atoms with Gasteiger partial charge in [-0.3, -0.25) is 4.79 Å². The molecule has 0 fully saturated rings. The zero-order chi connectivity index (χ0) is 16.3. The topological polar surface area (TPSA) is 60.8 Å². The number of phenols is 1. The van der Waals surface area contributed by atoms with Gasteiger partial charge in [-0.25, -0.2) is 0 Å². The molecule has 4 nitrogen and oxygen atoms in total. The molecule has 0 bridgehead atoms. The number of hydrogen-bond acceptors (Lipinski definition) is 3. The molecule has 0 aliphatic rings. The van der Waals surface area contributed by atoms with E-state index in [4.69, 9.17) is 0 Å². The fourth-order valence-electron chi connectivity index (χ4n) is 2.26. The van der Waals surface area contributed by atoms with E-state index < -0.39 is 5.60 Å². The highest BCUT2D eigenvalue weighted by molar-refractivity contribution is 6.00. The van der Waals surface area contributed by atoms with Crippen LogP contribution in [0.1, 0.15) is 18.1 Å². The number of aromatic hydroxyl groups is 1. The molecule has 4 heteroatoms. The first kappa shape index (κ1) is 15.8. The lowest BCUT2D eigenvalue weighted by Crippen LogP contribution is -2.26. The quantitative estimate of drug-likeness (QED) is 0.853. The highest BCUT2D eigenvalue weighted by atomic mass is 16.3. The summed E-state index contributed by atoms with van der Waals surface area (Å²) < 4.78 is 0. The summed E-state index contributed by atoms with van der Waals surface area (Å²) in [6.45, 7) is 5.09. The van der Waals surface area contributed by atoms with Crippen molar-refractivity contribution in [3.05, 3.63) is 72.3 Å². The first-order valence-corrected chi connectivity index (χ1v) is 6.89. The summed E-state index contributed by atoms with van der Waals surface area (Å²) in [6.07, 6.45) is 1.19. The SMILES string of the molecule is C=CC(=O)N(C)c1cc(O)cc(C(C)(O)c2ccccc2)c1. The van der Waals surface area contributed by atoms with E-state index in [1.54, 1.807) is 20.0 Å². The van der Waals surface area contributed by atoms with Crippen molar-refractivity contribution in [3.63, 3.8) is 0 Å². The summed E-state index contributed by atoms with van der Waals surface area (Å²) in [6, 6.07) is 13.8. The number of benzene rings is 2. The van der Waals surface area contributed by atoms with Crippen molar-refractivity contribution in [1.82, 2.24) is 0 Å². The third-order valence-corrected chi connectivity index (χ3v) is 3.69. The molecule has 2 rings (SSSR count). The number of hydrogen-bond donors (Lipinski definition) is 2. The van der Waals surface area contributed by atoms with E-state index in [9.17, 15) is 15.0 Å². The molecule has 1 atom stereocenters. The van der Waals surface area contributed by atoms with E-state index in [1.807, 2.05) is 30.3 Å². The van der Waals surface area contributed by atoms with Crippen LogP contribution in [0, 0.1) is 0 Å². The van der Waals surface area contributed by atoms with Gasteiger partial charge in [-0.05, 0) is 36.3 Å². The maximum absolute atomic E-state index is 11.7. The zero-order valence-corrected chi connectivity index (χ0v) is 12.7. The molecule has 0 spiro atoms. The van der Waals surface area contributed by atoms with Gasteiger partial charge >= 0.3 is 0 Å². The lowest BCUT2D eigenvalue weighted by atomic mass is 9.88. The molecule has 1 unspecified atom stereocenters. The molecule has 0 aromatic heterocycles. The number of likely N-dealkylation sites (N-methyl/N-ethyl adjacent to an activating group) is 1. The van der Waals surface area contributed by atoms with Gasteiger partial charge in [-0.15, -0.1) is 0 Å². The molecule has 2 N–H and O–H groups in total. The number of nitrogens with zero attached hydrogens (tertiary/aromatic N) is 1. The second kappa shape index (κ2) is 6.03. The molecule has 1 amide bonds. The van der Waals surface area contributed by atoms with Crippen molar-refractivity contribution in [1.29, 1.82) is 0 Å². The number of carbonyl (C=O) groups excluding carboxylic acids is 1. The summed E-state index contributed by atoms with van der Waals surface area (Å²) in [4.78, 5) is 13.1. The van der Waals surface area contributed by atoms with Crippen molar-refractivity contribution in [2.75, 3.05) is 11.9 Å². The Morgan fingerprint density at radius 1 is 1.18 bits per heavy atom. The third kappa shape index (κ3) is 3.02. The zero-order valence-electron chi connectivity index (χ0n) is 12.7. The minimum Gasteiger partial charge on any atom is -0.508 e. The fraction of sp³-hybridized carbons (Fsp3) is 0.167. The minimum atomic E-state index is -1.28. The molecule has 0 radical (unpaired) electrons. The van der Waals surface area contributed by atoms with Crippen molar-refractivity contribution >= 4 is 11.6 Å². The lowest BCUT2D eigenvalue weighted by Gasteiger charge is -2.26. The molecule has 22 heavy (non-hydrogen) atoms. The normalized spacial score (nSPS) is 13.2. The van der Waals surface area contributed by atoms with Crippen LogP contribution in [0.3, 0.4) is 0 Å². The van der Waals surface area contributed by atoms with E-state index in [1.165, 1.54) is 23.1 Å². The van der Waals surface area contributed by atoms with E-state index in [2.05, 4.69) is 6.58 Å². The largest absolute Gasteiger partial charge is 0.508 e. The average molecular weight is 297 g/mol. The molecule has 114 valence electrons. The van der Waals surface area contributed by atoms with Crippen molar-refractivity contribution < 1.29 is 15.0 Å². The standard InChI is InChI=1S/C18H19NO3/c1-4-17(21)19(3)15-10-14(11-16(20)12-15)18(2,22)13-8-6-5-7-9-13/h4-12,20,22H,1H2,2-3H3. The third-order valence-electron chi connectivity index (χ3n) is 3.69. The molecular formula is C18H19NO3. The lowest BCUT2D eigenvalue weighted by molar-refractivity contribution is -0.113. The molecule has 0 aliphatic heterocycles. The Kier molecular flexibility index (Phi) is 4.33. The van der Waals surface area contributed by atoms with Gasteiger partial charge < -0.3 is 15.1 Å². The minimum absolute atomic E-state index is 0.0209. The predicted molar refractivity (Wildman–Crippen MR) is 86.8 cm³/mol. The number of anilines is 1. The first-order chi connectivity index (χ1) is 10.4. The van der Waals surface area contributed by atoms with Crippen LogP contribution in [-0.4, -0.2) is 23.2 Å². The molecule has 2 aromatic carbocycles. The van der Waals surface area contributed by atoms with Gasteiger partial charge in [0.2, 0.25) is 5.91 Å². The average Bonchev–Trinajstić information content (AvgIpc) is 2.53.